The molecule has 1 aromatic heterocycles. The Bertz CT molecular complexity index is 817. The summed E-state index contributed by atoms with van der Waals surface area (Å²) in [5.41, 5.74) is 1.35. The summed E-state index contributed by atoms with van der Waals surface area (Å²) in [6.45, 7) is 6.04. The summed E-state index contributed by atoms with van der Waals surface area (Å²) in [6, 6.07) is 3.25. The molecular formula is C18H21FN2O4. The lowest BCUT2D eigenvalue weighted by Gasteiger charge is -2.34. The van der Waals surface area contributed by atoms with Gasteiger partial charge in [-0.25, -0.2) is 4.39 Å². The molecule has 7 heteroatoms. The van der Waals surface area contributed by atoms with Crippen LogP contribution in [-0.2, 0) is 14.3 Å². The number of benzene rings is 1. The van der Waals surface area contributed by atoms with Crippen molar-refractivity contribution in [3.63, 3.8) is 0 Å². The topological polar surface area (TPSA) is 71.8 Å². The molecule has 0 radical (unpaired) electrons. The van der Waals surface area contributed by atoms with Crippen LogP contribution in [0.4, 0.5) is 4.39 Å². The number of ether oxygens (including phenoxy) is 1. The number of fused-ring (bicyclic) bond motifs is 1. The maximum atomic E-state index is 13.4. The first-order chi connectivity index (χ1) is 11.9. The molecule has 0 aliphatic carbocycles. The van der Waals surface area contributed by atoms with Crippen molar-refractivity contribution in [2.45, 2.75) is 32.9 Å². The minimum absolute atomic E-state index is 0.161. The highest BCUT2D eigenvalue weighted by molar-refractivity contribution is 5.88. The first kappa shape index (κ1) is 17.4. The number of nitrogens with zero attached hydrogens (tertiary/aromatic N) is 1. The molecular weight excluding hydrogens is 327 g/mol. The molecule has 0 unspecified atom stereocenters. The number of rotatable bonds is 3. The smallest absolute Gasteiger partial charge is 0.245 e. The van der Waals surface area contributed by atoms with E-state index in [1.54, 1.807) is 13.0 Å². The van der Waals surface area contributed by atoms with Gasteiger partial charge in [0.15, 0.2) is 0 Å². The van der Waals surface area contributed by atoms with Crippen LogP contribution in [0.3, 0.4) is 0 Å². The van der Waals surface area contributed by atoms with Crippen LogP contribution in [0.2, 0.25) is 0 Å². The van der Waals surface area contributed by atoms with Gasteiger partial charge in [0, 0.05) is 24.4 Å². The molecule has 2 heterocycles. The number of nitrogens with one attached hydrogen (secondary N) is 1. The van der Waals surface area contributed by atoms with Gasteiger partial charge in [0.25, 0.3) is 0 Å². The Morgan fingerprint density at radius 2 is 2.16 bits per heavy atom. The number of amides is 2. The number of furan rings is 1. The molecule has 1 aliphatic rings. The van der Waals surface area contributed by atoms with Gasteiger partial charge in [-0.05, 0) is 32.0 Å². The highest BCUT2D eigenvalue weighted by Crippen LogP contribution is 2.30. The van der Waals surface area contributed by atoms with E-state index in [0.717, 1.165) is 5.56 Å². The van der Waals surface area contributed by atoms with Crippen LogP contribution in [0.25, 0.3) is 11.0 Å². The minimum atomic E-state index is -0.657. The number of halogens is 1. The third-order valence-corrected chi connectivity index (χ3v) is 4.52. The lowest BCUT2D eigenvalue weighted by molar-refractivity contribution is -0.147. The van der Waals surface area contributed by atoms with Crippen LogP contribution < -0.4 is 5.32 Å². The van der Waals surface area contributed by atoms with E-state index in [4.69, 9.17) is 9.15 Å². The molecule has 1 aliphatic heterocycles. The SMILES string of the molecule is CC(=O)N1CCOC[C@H]1C(=O)N[C@@H](C)c1oc2ccc(F)cc2c1C. The molecule has 1 N–H and O–H groups in total. The Morgan fingerprint density at radius 1 is 1.40 bits per heavy atom. The van der Waals surface area contributed by atoms with Gasteiger partial charge in [-0.2, -0.15) is 0 Å². The number of hydrogen-bond donors (Lipinski definition) is 1. The van der Waals surface area contributed by atoms with E-state index in [1.807, 2.05) is 6.92 Å². The van der Waals surface area contributed by atoms with Gasteiger partial charge in [-0.3, -0.25) is 9.59 Å². The number of carbonyl (C=O) groups is 2. The van der Waals surface area contributed by atoms with E-state index < -0.39 is 12.1 Å². The van der Waals surface area contributed by atoms with Crippen LogP contribution in [0, 0.1) is 12.7 Å². The molecule has 1 saturated heterocycles. The first-order valence-corrected chi connectivity index (χ1v) is 8.22. The minimum Gasteiger partial charge on any atom is -0.459 e. The van der Waals surface area contributed by atoms with E-state index in [0.29, 0.717) is 29.9 Å². The number of hydrogen-bond acceptors (Lipinski definition) is 4. The summed E-state index contributed by atoms with van der Waals surface area (Å²) in [7, 11) is 0. The summed E-state index contributed by atoms with van der Waals surface area (Å²) in [5, 5.41) is 3.55. The molecule has 1 fully saturated rings. The summed E-state index contributed by atoms with van der Waals surface area (Å²) in [6.07, 6.45) is 0. The summed E-state index contributed by atoms with van der Waals surface area (Å²) >= 11 is 0. The van der Waals surface area contributed by atoms with Crippen molar-refractivity contribution in [3.05, 3.63) is 35.3 Å². The van der Waals surface area contributed by atoms with Gasteiger partial charge in [-0.15, -0.1) is 0 Å². The molecule has 6 nitrogen and oxygen atoms in total. The Balaban J connectivity index is 1.79. The van der Waals surface area contributed by atoms with Crippen LogP contribution in [0.5, 0.6) is 0 Å². The quantitative estimate of drug-likeness (QED) is 0.924. The van der Waals surface area contributed by atoms with E-state index in [9.17, 15) is 14.0 Å². The van der Waals surface area contributed by atoms with Crippen molar-refractivity contribution >= 4 is 22.8 Å². The third kappa shape index (κ3) is 3.37. The molecule has 1 aromatic carbocycles. The zero-order chi connectivity index (χ0) is 18.1. The molecule has 0 bridgehead atoms. The second-order valence-corrected chi connectivity index (χ2v) is 6.27. The predicted octanol–water partition coefficient (Wildman–Crippen LogP) is 2.30. The van der Waals surface area contributed by atoms with Crippen molar-refractivity contribution in [3.8, 4) is 0 Å². The second kappa shape index (κ2) is 6.84. The van der Waals surface area contributed by atoms with Gasteiger partial charge in [0.2, 0.25) is 11.8 Å². The normalized spacial score (nSPS) is 19.0. The first-order valence-electron chi connectivity index (χ1n) is 8.22. The van der Waals surface area contributed by atoms with Crippen molar-refractivity contribution in [2.24, 2.45) is 0 Å². The maximum Gasteiger partial charge on any atom is 0.245 e. The molecule has 3 rings (SSSR count). The zero-order valence-electron chi connectivity index (χ0n) is 14.5. The van der Waals surface area contributed by atoms with Gasteiger partial charge in [0.05, 0.1) is 19.3 Å². The van der Waals surface area contributed by atoms with Gasteiger partial charge in [0.1, 0.15) is 23.2 Å². The molecule has 0 spiro atoms. The van der Waals surface area contributed by atoms with E-state index >= 15 is 0 Å². The number of morpholine rings is 1. The average molecular weight is 348 g/mol. The third-order valence-electron chi connectivity index (χ3n) is 4.52. The molecule has 2 atom stereocenters. The predicted molar refractivity (Wildman–Crippen MR) is 89.5 cm³/mol. The standard InChI is InChI=1S/C18H21FN2O4/c1-10-14-8-13(19)4-5-16(14)25-17(10)11(2)20-18(23)15-9-24-7-6-21(15)12(3)22/h4-5,8,11,15H,6-7,9H2,1-3H3,(H,20,23)/t11-,15-/m0/s1. The molecule has 2 amide bonds. The largest absolute Gasteiger partial charge is 0.459 e. The molecule has 25 heavy (non-hydrogen) atoms. The van der Waals surface area contributed by atoms with Crippen LogP contribution in [0.1, 0.15) is 31.2 Å². The van der Waals surface area contributed by atoms with E-state index in [2.05, 4.69) is 5.32 Å². The lowest BCUT2D eigenvalue weighted by atomic mass is 10.1. The van der Waals surface area contributed by atoms with Gasteiger partial charge >= 0.3 is 0 Å². The van der Waals surface area contributed by atoms with Crippen LogP contribution in [0.15, 0.2) is 22.6 Å². The van der Waals surface area contributed by atoms with Gasteiger partial charge in [-0.1, -0.05) is 0 Å². The maximum absolute atomic E-state index is 13.4. The van der Waals surface area contributed by atoms with E-state index in [1.165, 1.54) is 24.0 Å². The summed E-state index contributed by atoms with van der Waals surface area (Å²) < 4.78 is 24.6. The van der Waals surface area contributed by atoms with Crippen molar-refractivity contribution in [1.29, 1.82) is 0 Å². The number of carbonyl (C=O) groups excluding carboxylic acids is 2. The lowest BCUT2D eigenvalue weighted by Crippen LogP contribution is -2.55. The monoisotopic (exact) mass is 348 g/mol. The molecule has 0 saturated carbocycles. The fraction of sp³-hybridized carbons (Fsp3) is 0.444. The Hall–Kier alpha value is -2.41. The van der Waals surface area contributed by atoms with Crippen LogP contribution in [-0.4, -0.2) is 42.5 Å². The van der Waals surface area contributed by atoms with E-state index in [-0.39, 0.29) is 24.2 Å². The molecule has 2 aromatic rings. The summed E-state index contributed by atoms with van der Waals surface area (Å²) in [4.78, 5) is 25.8. The second-order valence-electron chi connectivity index (χ2n) is 6.27. The van der Waals surface area contributed by atoms with Crippen LogP contribution >= 0.6 is 0 Å². The highest BCUT2D eigenvalue weighted by atomic mass is 19.1. The Kier molecular flexibility index (Phi) is 4.76. The Labute approximate surface area is 144 Å². The summed E-state index contributed by atoms with van der Waals surface area (Å²) in [5.74, 6) is -0.226. The Morgan fingerprint density at radius 3 is 2.88 bits per heavy atom. The van der Waals surface area contributed by atoms with Crippen molar-refractivity contribution in [2.75, 3.05) is 19.8 Å². The average Bonchev–Trinajstić information content (AvgIpc) is 2.91. The van der Waals surface area contributed by atoms with Gasteiger partial charge < -0.3 is 19.4 Å². The fourth-order valence-electron chi connectivity index (χ4n) is 3.20. The fourth-order valence-corrected chi connectivity index (χ4v) is 3.20. The number of aryl methyl sites for hydroxylation is 1. The van der Waals surface area contributed by atoms with Crippen molar-refractivity contribution < 1.29 is 23.1 Å². The zero-order valence-corrected chi connectivity index (χ0v) is 14.5. The molecule has 134 valence electrons. The highest BCUT2D eigenvalue weighted by Gasteiger charge is 2.32. The van der Waals surface area contributed by atoms with Crippen molar-refractivity contribution in [1.82, 2.24) is 10.2 Å².